The third kappa shape index (κ3) is 3.27. The molecule has 3 aromatic heterocycles. The van der Waals surface area contributed by atoms with Crippen molar-refractivity contribution in [1.29, 1.82) is 0 Å². The Morgan fingerprint density at radius 1 is 1.08 bits per heavy atom. The summed E-state index contributed by atoms with van der Waals surface area (Å²) in [6, 6.07) is 16.4. The van der Waals surface area contributed by atoms with Crippen LogP contribution in [0.25, 0.3) is 17.0 Å². The molecule has 1 amide bonds. The molecule has 0 bridgehead atoms. The average Bonchev–Trinajstić information content (AvgIpc) is 3.10. The average molecular weight is 364 g/mol. The lowest BCUT2D eigenvalue weighted by Gasteiger charge is -2.06. The van der Waals surface area contributed by atoms with Gasteiger partial charge in [-0.1, -0.05) is 29.8 Å². The van der Waals surface area contributed by atoms with E-state index in [0.717, 1.165) is 11.3 Å². The van der Waals surface area contributed by atoms with Gasteiger partial charge in [0, 0.05) is 28.5 Å². The predicted molar refractivity (Wildman–Crippen MR) is 98.8 cm³/mol. The molecule has 0 radical (unpaired) electrons. The SMILES string of the molecule is O=C(NCc1ccccn1)c1ccn2c(-c3cccc(Cl)c3)nnc2c1. The van der Waals surface area contributed by atoms with Crippen molar-refractivity contribution >= 4 is 23.2 Å². The van der Waals surface area contributed by atoms with E-state index in [0.29, 0.717) is 28.6 Å². The normalized spacial score (nSPS) is 10.8. The molecule has 7 heteroatoms. The predicted octanol–water partition coefficient (Wildman–Crippen LogP) is 3.37. The number of benzene rings is 1. The van der Waals surface area contributed by atoms with Crippen molar-refractivity contribution < 1.29 is 4.79 Å². The Bertz CT molecular complexity index is 1080. The highest BCUT2D eigenvalue weighted by molar-refractivity contribution is 6.30. The van der Waals surface area contributed by atoms with Crippen LogP contribution in [-0.4, -0.2) is 25.5 Å². The smallest absolute Gasteiger partial charge is 0.251 e. The number of halogens is 1. The minimum atomic E-state index is -0.189. The molecule has 0 spiro atoms. The highest BCUT2D eigenvalue weighted by Gasteiger charge is 2.12. The van der Waals surface area contributed by atoms with Crippen LogP contribution in [0.1, 0.15) is 16.1 Å². The maximum atomic E-state index is 12.4. The Hall–Kier alpha value is -3.25. The number of amides is 1. The van der Waals surface area contributed by atoms with Crippen molar-refractivity contribution in [2.45, 2.75) is 6.54 Å². The second-order valence-corrected chi connectivity index (χ2v) is 6.12. The molecule has 0 fully saturated rings. The Kier molecular flexibility index (Phi) is 4.33. The fraction of sp³-hybridized carbons (Fsp3) is 0.0526. The third-order valence-electron chi connectivity index (χ3n) is 3.91. The van der Waals surface area contributed by atoms with E-state index in [1.54, 1.807) is 30.6 Å². The van der Waals surface area contributed by atoms with E-state index >= 15 is 0 Å². The molecule has 4 aromatic rings. The van der Waals surface area contributed by atoms with E-state index in [1.807, 2.05) is 40.8 Å². The number of fused-ring (bicyclic) bond motifs is 1. The summed E-state index contributed by atoms with van der Waals surface area (Å²) in [5, 5.41) is 11.9. The minimum absolute atomic E-state index is 0.189. The molecule has 1 N–H and O–H groups in total. The minimum Gasteiger partial charge on any atom is -0.346 e. The lowest BCUT2D eigenvalue weighted by Crippen LogP contribution is -2.23. The number of aromatic nitrogens is 4. The van der Waals surface area contributed by atoms with E-state index < -0.39 is 0 Å². The fourth-order valence-electron chi connectivity index (χ4n) is 2.63. The van der Waals surface area contributed by atoms with Crippen LogP contribution < -0.4 is 5.32 Å². The van der Waals surface area contributed by atoms with Gasteiger partial charge in [0.15, 0.2) is 11.5 Å². The summed E-state index contributed by atoms with van der Waals surface area (Å²) >= 11 is 6.05. The van der Waals surface area contributed by atoms with E-state index in [9.17, 15) is 4.79 Å². The van der Waals surface area contributed by atoms with Gasteiger partial charge in [-0.15, -0.1) is 10.2 Å². The second-order valence-electron chi connectivity index (χ2n) is 5.68. The summed E-state index contributed by atoms with van der Waals surface area (Å²) in [5.41, 5.74) is 2.76. The Balaban J connectivity index is 1.57. The molecule has 0 atom stereocenters. The van der Waals surface area contributed by atoms with Gasteiger partial charge in [-0.05, 0) is 36.4 Å². The molecule has 4 rings (SSSR count). The Morgan fingerprint density at radius 2 is 2.00 bits per heavy atom. The lowest BCUT2D eigenvalue weighted by atomic mass is 10.2. The molecular formula is C19H14ClN5O. The van der Waals surface area contributed by atoms with Gasteiger partial charge in [0.05, 0.1) is 12.2 Å². The molecule has 0 aliphatic rings. The zero-order chi connectivity index (χ0) is 17.9. The van der Waals surface area contributed by atoms with Crippen molar-refractivity contribution in [2.75, 3.05) is 0 Å². The molecule has 0 unspecified atom stereocenters. The first kappa shape index (κ1) is 16.2. The van der Waals surface area contributed by atoms with Gasteiger partial charge in [0.25, 0.3) is 5.91 Å². The van der Waals surface area contributed by atoms with Crippen LogP contribution in [0.5, 0.6) is 0 Å². The maximum Gasteiger partial charge on any atom is 0.251 e. The molecule has 3 heterocycles. The number of rotatable bonds is 4. The Morgan fingerprint density at radius 3 is 2.81 bits per heavy atom. The van der Waals surface area contributed by atoms with Crippen LogP contribution in [0.3, 0.4) is 0 Å². The molecule has 1 aromatic carbocycles. The van der Waals surface area contributed by atoms with Gasteiger partial charge in [-0.25, -0.2) is 0 Å². The van der Waals surface area contributed by atoms with Crippen LogP contribution in [0.15, 0.2) is 67.0 Å². The first-order valence-corrected chi connectivity index (χ1v) is 8.37. The van der Waals surface area contributed by atoms with Gasteiger partial charge < -0.3 is 5.32 Å². The molecule has 26 heavy (non-hydrogen) atoms. The summed E-state index contributed by atoms with van der Waals surface area (Å²) in [6.07, 6.45) is 3.47. The number of carbonyl (C=O) groups excluding carboxylic acids is 1. The molecule has 0 saturated heterocycles. The quantitative estimate of drug-likeness (QED) is 0.603. The zero-order valence-electron chi connectivity index (χ0n) is 13.6. The first-order chi connectivity index (χ1) is 12.7. The summed E-state index contributed by atoms with van der Waals surface area (Å²) in [6.45, 7) is 0.366. The first-order valence-electron chi connectivity index (χ1n) is 7.99. The number of carbonyl (C=O) groups is 1. The number of hydrogen-bond acceptors (Lipinski definition) is 4. The van der Waals surface area contributed by atoms with Gasteiger partial charge in [0.2, 0.25) is 0 Å². The van der Waals surface area contributed by atoms with Crippen LogP contribution in [0.4, 0.5) is 0 Å². The topological polar surface area (TPSA) is 72.2 Å². The van der Waals surface area contributed by atoms with E-state index in [4.69, 9.17) is 11.6 Å². The monoisotopic (exact) mass is 363 g/mol. The van der Waals surface area contributed by atoms with E-state index in [2.05, 4.69) is 20.5 Å². The van der Waals surface area contributed by atoms with Crippen LogP contribution in [-0.2, 0) is 6.54 Å². The summed E-state index contributed by atoms with van der Waals surface area (Å²) in [5.74, 6) is 0.480. The second kappa shape index (κ2) is 6.93. The Labute approximate surface area is 154 Å². The lowest BCUT2D eigenvalue weighted by molar-refractivity contribution is 0.0950. The standard InChI is InChI=1S/C19H14ClN5O/c20-15-5-3-4-13(10-15)18-24-23-17-11-14(7-9-25(17)18)19(26)22-12-16-6-1-2-8-21-16/h1-11H,12H2,(H,22,26). The van der Waals surface area contributed by atoms with Gasteiger partial charge in [-0.2, -0.15) is 0 Å². The van der Waals surface area contributed by atoms with Crippen molar-refractivity contribution in [1.82, 2.24) is 24.9 Å². The molecule has 0 aliphatic carbocycles. The van der Waals surface area contributed by atoms with Crippen molar-refractivity contribution in [3.8, 4) is 11.4 Å². The van der Waals surface area contributed by atoms with Gasteiger partial charge in [-0.3, -0.25) is 14.2 Å². The molecule has 0 aliphatic heterocycles. The highest BCUT2D eigenvalue weighted by Crippen LogP contribution is 2.22. The summed E-state index contributed by atoms with van der Waals surface area (Å²) in [4.78, 5) is 16.6. The number of pyridine rings is 2. The van der Waals surface area contributed by atoms with E-state index in [1.165, 1.54) is 0 Å². The largest absolute Gasteiger partial charge is 0.346 e. The van der Waals surface area contributed by atoms with Gasteiger partial charge >= 0.3 is 0 Å². The van der Waals surface area contributed by atoms with E-state index in [-0.39, 0.29) is 5.91 Å². The van der Waals surface area contributed by atoms with Crippen LogP contribution in [0.2, 0.25) is 5.02 Å². The van der Waals surface area contributed by atoms with Crippen LogP contribution in [0, 0.1) is 0 Å². The van der Waals surface area contributed by atoms with Crippen molar-refractivity contribution in [3.05, 3.63) is 83.3 Å². The highest BCUT2D eigenvalue weighted by atomic mass is 35.5. The zero-order valence-corrected chi connectivity index (χ0v) is 14.4. The number of hydrogen-bond donors (Lipinski definition) is 1. The molecule has 0 saturated carbocycles. The fourth-order valence-corrected chi connectivity index (χ4v) is 2.82. The summed E-state index contributed by atoms with van der Waals surface area (Å²) in [7, 11) is 0. The number of nitrogens with one attached hydrogen (secondary N) is 1. The molecule has 6 nitrogen and oxygen atoms in total. The van der Waals surface area contributed by atoms with Crippen molar-refractivity contribution in [3.63, 3.8) is 0 Å². The number of nitrogens with zero attached hydrogens (tertiary/aromatic N) is 4. The molecule has 128 valence electrons. The van der Waals surface area contributed by atoms with Gasteiger partial charge in [0.1, 0.15) is 0 Å². The third-order valence-corrected chi connectivity index (χ3v) is 4.15. The van der Waals surface area contributed by atoms with Crippen molar-refractivity contribution in [2.24, 2.45) is 0 Å². The summed E-state index contributed by atoms with van der Waals surface area (Å²) < 4.78 is 1.82. The van der Waals surface area contributed by atoms with Crippen LogP contribution >= 0.6 is 11.6 Å². The maximum absolute atomic E-state index is 12.4. The molecular weight excluding hydrogens is 350 g/mol.